The van der Waals surface area contributed by atoms with Crippen molar-refractivity contribution in [1.29, 1.82) is 0 Å². The Balaban J connectivity index is 2.44. The molecule has 2 heteroatoms. The van der Waals surface area contributed by atoms with E-state index >= 15 is 0 Å². The first kappa shape index (κ1) is 9.72. The molecule has 0 radical (unpaired) electrons. The number of carbonyl (C=O) groups excluding carboxylic acids is 1. The quantitative estimate of drug-likeness (QED) is 0.685. The molecule has 0 aromatic carbocycles. The first-order chi connectivity index (χ1) is 5.57. The number of hydrogen-bond acceptors (Lipinski definition) is 2. The van der Waals surface area contributed by atoms with Crippen molar-refractivity contribution in [1.82, 2.24) is 0 Å². The summed E-state index contributed by atoms with van der Waals surface area (Å²) in [6.45, 7) is 4.03. The van der Waals surface area contributed by atoms with Crippen molar-refractivity contribution in [2.24, 2.45) is 11.3 Å². The summed E-state index contributed by atoms with van der Waals surface area (Å²) in [5.74, 6) is 0.583. The molecule has 0 unspecified atom stereocenters. The van der Waals surface area contributed by atoms with Gasteiger partial charge < -0.3 is 5.11 Å². The molecule has 1 aliphatic carbocycles. The van der Waals surface area contributed by atoms with Gasteiger partial charge in [0.15, 0.2) is 0 Å². The number of ketones is 1. The van der Waals surface area contributed by atoms with E-state index in [1.54, 1.807) is 6.92 Å². The molecule has 1 aliphatic rings. The van der Waals surface area contributed by atoms with Crippen LogP contribution < -0.4 is 0 Å². The lowest BCUT2D eigenvalue weighted by Gasteiger charge is -2.34. The third-order valence-electron chi connectivity index (χ3n) is 3.15. The Bertz CT molecular complexity index is 167. The van der Waals surface area contributed by atoms with Crippen molar-refractivity contribution in [3.8, 4) is 0 Å². The maximum absolute atomic E-state index is 11.0. The lowest BCUT2D eigenvalue weighted by Crippen LogP contribution is -2.30. The lowest BCUT2D eigenvalue weighted by atomic mass is 9.71. The molecule has 1 saturated carbocycles. The highest BCUT2D eigenvalue weighted by Crippen LogP contribution is 2.38. The predicted octanol–water partition coefficient (Wildman–Crippen LogP) is 1.76. The van der Waals surface area contributed by atoms with Crippen LogP contribution in [0.4, 0.5) is 0 Å². The number of rotatable bonds is 2. The average molecular weight is 170 g/mol. The Kier molecular flexibility index (Phi) is 2.89. The van der Waals surface area contributed by atoms with Gasteiger partial charge in [-0.1, -0.05) is 6.92 Å². The standard InChI is InChI=1S/C10H18O2/c1-8(12)9-3-5-10(2,7-11)6-4-9/h9,11H,3-7H2,1-2H3/t9-,10-. The SMILES string of the molecule is CC(=O)[C@H]1CC[C@](C)(CO)CC1. The van der Waals surface area contributed by atoms with E-state index in [2.05, 4.69) is 6.92 Å². The highest BCUT2D eigenvalue weighted by Gasteiger charge is 2.31. The van der Waals surface area contributed by atoms with Crippen LogP contribution in [-0.2, 0) is 4.79 Å². The number of Topliss-reactive ketones (excluding diaryl/α,β-unsaturated/α-hetero) is 1. The second-order valence-corrected chi connectivity index (χ2v) is 4.35. The summed E-state index contributed by atoms with van der Waals surface area (Å²) in [7, 11) is 0. The minimum atomic E-state index is 0.0892. The van der Waals surface area contributed by atoms with Crippen LogP contribution in [0.25, 0.3) is 0 Å². The van der Waals surface area contributed by atoms with Gasteiger partial charge in [0.05, 0.1) is 0 Å². The maximum Gasteiger partial charge on any atom is 0.132 e. The number of hydrogen-bond donors (Lipinski definition) is 1. The molecule has 0 aromatic rings. The Morgan fingerprint density at radius 1 is 1.50 bits per heavy atom. The van der Waals surface area contributed by atoms with Gasteiger partial charge in [0.1, 0.15) is 5.78 Å². The molecule has 12 heavy (non-hydrogen) atoms. The second kappa shape index (κ2) is 3.56. The zero-order chi connectivity index (χ0) is 9.19. The Morgan fingerprint density at radius 2 is 2.00 bits per heavy atom. The van der Waals surface area contributed by atoms with Crippen molar-refractivity contribution in [2.75, 3.05) is 6.61 Å². The third kappa shape index (κ3) is 2.07. The molecule has 0 heterocycles. The number of aliphatic hydroxyl groups excluding tert-OH is 1. The van der Waals surface area contributed by atoms with Crippen molar-refractivity contribution in [3.05, 3.63) is 0 Å². The van der Waals surface area contributed by atoms with Crippen LogP contribution in [0.1, 0.15) is 39.5 Å². The van der Waals surface area contributed by atoms with E-state index in [1.165, 1.54) is 0 Å². The van der Waals surface area contributed by atoms with Crippen molar-refractivity contribution in [2.45, 2.75) is 39.5 Å². The first-order valence-corrected chi connectivity index (χ1v) is 4.69. The van der Waals surface area contributed by atoms with Crippen LogP contribution in [-0.4, -0.2) is 17.5 Å². The molecular weight excluding hydrogens is 152 g/mol. The molecule has 0 atom stereocenters. The van der Waals surface area contributed by atoms with E-state index in [9.17, 15) is 4.79 Å². The van der Waals surface area contributed by atoms with E-state index in [1.807, 2.05) is 0 Å². The second-order valence-electron chi connectivity index (χ2n) is 4.35. The van der Waals surface area contributed by atoms with Gasteiger partial charge in [-0.25, -0.2) is 0 Å². The highest BCUT2D eigenvalue weighted by atomic mass is 16.3. The summed E-state index contributed by atoms with van der Waals surface area (Å²) < 4.78 is 0. The molecule has 1 rings (SSSR count). The van der Waals surface area contributed by atoms with Gasteiger partial charge in [0.2, 0.25) is 0 Å². The fourth-order valence-corrected chi connectivity index (χ4v) is 1.88. The predicted molar refractivity (Wildman–Crippen MR) is 47.8 cm³/mol. The highest BCUT2D eigenvalue weighted by molar-refractivity contribution is 5.78. The summed E-state index contributed by atoms with van der Waals surface area (Å²) >= 11 is 0. The fourth-order valence-electron chi connectivity index (χ4n) is 1.88. The number of aliphatic hydroxyl groups is 1. The minimum Gasteiger partial charge on any atom is -0.396 e. The Hall–Kier alpha value is -0.370. The van der Waals surface area contributed by atoms with Gasteiger partial charge in [0.25, 0.3) is 0 Å². The average Bonchev–Trinajstić information content (AvgIpc) is 2.05. The van der Waals surface area contributed by atoms with Crippen molar-refractivity contribution >= 4 is 5.78 Å². The maximum atomic E-state index is 11.0. The molecule has 2 nitrogen and oxygen atoms in total. The normalized spacial score (nSPS) is 36.4. The van der Waals surface area contributed by atoms with Crippen LogP contribution >= 0.6 is 0 Å². The van der Waals surface area contributed by atoms with Gasteiger partial charge in [0, 0.05) is 12.5 Å². The van der Waals surface area contributed by atoms with Crippen molar-refractivity contribution in [3.63, 3.8) is 0 Å². The van der Waals surface area contributed by atoms with Crippen molar-refractivity contribution < 1.29 is 9.90 Å². The van der Waals surface area contributed by atoms with Crippen LogP contribution in [0, 0.1) is 11.3 Å². The molecule has 1 fully saturated rings. The first-order valence-electron chi connectivity index (χ1n) is 4.69. The van der Waals surface area contributed by atoms with Crippen LogP contribution in [0.5, 0.6) is 0 Å². The molecule has 0 amide bonds. The lowest BCUT2D eigenvalue weighted by molar-refractivity contribution is -0.122. The molecule has 0 saturated heterocycles. The fraction of sp³-hybridized carbons (Fsp3) is 0.900. The molecule has 0 aliphatic heterocycles. The van der Waals surface area contributed by atoms with Crippen LogP contribution in [0.3, 0.4) is 0 Å². The topological polar surface area (TPSA) is 37.3 Å². The largest absolute Gasteiger partial charge is 0.396 e. The van der Waals surface area contributed by atoms with E-state index in [4.69, 9.17) is 5.11 Å². The molecular formula is C10H18O2. The molecule has 0 aromatic heterocycles. The molecule has 0 spiro atoms. The molecule has 1 N–H and O–H groups in total. The van der Waals surface area contributed by atoms with Crippen LogP contribution in [0.15, 0.2) is 0 Å². The number of carbonyl (C=O) groups is 1. The van der Waals surface area contributed by atoms with Gasteiger partial charge in [-0.15, -0.1) is 0 Å². The zero-order valence-electron chi connectivity index (χ0n) is 7.97. The summed E-state index contributed by atoms with van der Waals surface area (Å²) in [5, 5.41) is 9.09. The molecule has 0 bridgehead atoms. The Morgan fingerprint density at radius 3 is 2.33 bits per heavy atom. The van der Waals surface area contributed by atoms with Gasteiger partial charge in [-0.2, -0.15) is 0 Å². The minimum absolute atomic E-state index is 0.0892. The van der Waals surface area contributed by atoms with E-state index in [0.29, 0.717) is 5.78 Å². The van der Waals surface area contributed by atoms with E-state index < -0.39 is 0 Å². The van der Waals surface area contributed by atoms with Gasteiger partial charge >= 0.3 is 0 Å². The van der Waals surface area contributed by atoms with Gasteiger partial charge in [-0.05, 0) is 38.0 Å². The monoisotopic (exact) mass is 170 g/mol. The summed E-state index contributed by atoms with van der Waals surface area (Å²) in [6.07, 6.45) is 3.92. The summed E-state index contributed by atoms with van der Waals surface area (Å²) in [4.78, 5) is 11.0. The van der Waals surface area contributed by atoms with Gasteiger partial charge in [-0.3, -0.25) is 4.79 Å². The van der Waals surface area contributed by atoms with Crippen LogP contribution in [0.2, 0.25) is 0 Å². The third-order valence-corrected chi connectivity index (χ3v) is 3.15. The zero-order valence-corrected chi connectivity index (χ0v) is 7.97. The Labute approximate surface area is 74.0 Å². The molecule has 70 valence electrons. The van der Waals surface area contributed by atoms with E-state index in [-0.39, 0.29) is 17.9 Å². The van der Waals surface area contributed by atoms with E-state index in [0.717, 1.165) is 25.7 Å². The smallest absolute Gasteiger partial charge is 0.132 e. The summed E-state index contributed by atoms with van der Waals surface area (Å²) in [6, 6.07) is 0. The summed E-state index contributed by atoms with van der Waals surface area (Å²) in [5.41, 5.74) is 0.0892.